The summed E-state index contributed by atoms with van der Waals surface area (Å²) in [6, 6.07) is 13.1. The third kappa shape index (κ3) is 4.10. The molecular weight excluding hydrogens is 467 g/mol. The molecule has 34 heavy (non-hydrogen) atoms. The lowest BCUT2D eigenvalue weighted by Gasteiger charge is -2.11. The van der Waals surface area contributed by atoms with E-state index in [9.17, 15) is 21.6 Å². The molecule has 0 aliphatic heterocycles. The van der Waals surface area contributed by atoms with Crippen LogP contribution >= 0.6 is 0 Å². The largest absolute Gasteiger partial charge is 0.416 e. The summed E-state index contributed by atoms with van der Waals surface area (Å²) >= 11 is 0. The van der Waals surface area contributed by atoms with Crippen molar-refractivity contribution in [2.45, 2.75) is 11.9 Å². The third-order valence-electron chi connectivity index (χ3n) is 5.38. The van der Waals surface area contributed by atoms with Crippen molar-refractivity contribution in [2.24, 2.45) is 7.05 Å². The number of aryl methyl sites for hydroxylation is 1. The van der Waals surface area contributed by atoms with E-state index in [1.54, 1.807) is 52.8 Å². The summed E-state index contributed by atoms with van der Waals surface area (Å²) in [6.45, 7) is 0. The molecule has 0 amide bonds. The first-order chi connectivity index (χ1) is 16.1. The van der Waals surface area contributed by atoms with Crippen molar-refractivity contribution in [3.05, 3.63) is 84.3 Å². The Morgan fingerprint density at radius 1 is 0.971 bits per heavy atom. The maximum absolute atomic E-state index is 13.0. The Morgan fingerprint density at radius 3 is 2.35 bits per heavy atom. The number of hydrogen-bond acceptors (Lipinski definition) is 4. The highest BCUT2D eigenvalue weighted by atomic mass is 32.2. The van der Waals surface area contributed by atoms with Crippen molar-refractivity contribution in [1.82, 2.24) is 19.3 Å². The molecule has 1 N–H and O–H groups in total. The molecule has 0 spiro atoms. The van der Waals surface area contributed by atoms with Gasteiger partial charge in [-0.3, -0.25) is 19.0 Å². The quantitative estimate of drug-likeness (QED) is 0.385. The van der Waals surface area contributed by atoms with Gasteiger partial charge in [-0.05, 0) is 60.2 Å². The zero-order chi connectivity index (χ0) is 24.1. The van der Waals surface area contributed by atoms with Crippen molar-refractivity contribution in [1.29, 1.82) is 0 Å². The number of fused-ring (bicyclic) bond motifs is 3. The Hall–Kier alpha value is -3.86. The lowest BCUT2D eigenvalue weighted by molar-refractivity contribution is -0.137. The van der Waals surface area contributed by atoms with Crippen molar-refractivity contribution >= 4 is 37.6 Å². The van der Waals surface area contributed by atoms with Gasteiger partial charge in [0.25, 0.3) is 0 Å². The zero-order valence-electron chi connectivity index (χ0n) is 17.8. The van der Waals surface area contributed by atoms with Gasteiger partial charge in [0.2, 0.25) is 10.0 Å². The second-order valence-electron chi connectivity index (χ2n) is 7.87. The van der Waals surface area contributed by atoms with E-state index < -0.39 is 21.8 Å². The number of aromatic nitrogens is 4. The number of sulfonamides is 1. The molecule has 0 fully saturated rings. The Labute approximate surface area is 192 Å². The van der Waals surface area contributed by atoms with Crippen LogP contribution in [0.1, 0.15) is 11.1 Å². The van der Waals surface area contributed by atoms with Crippen LogP contribution < -0.4 is 4.72 Å². The number of pyridine rings is 1. The van der Waals surface area contributed by atoms with E-state index in [4.69, 9.17) is 0 Å². The first-order valence-electron chi connectivity index (χ1n) is 10.2. The fraction of sp³-hybridized carbons (Fsp3) is 0.130. The van der Waals surface area contributed by atoms with Gasteiger partial charge in [0.15, 0.2) is 5.65 Å². The van der Waals surface area contributed by atoms with Gasteiger partial charge in [-0.2, -0.15) is 18.3 Å². The molecule has 0 radical (unpaired) electrons. The molecule has 0 aliphatic rings. The topological polar surface area (TPSA) is 81.8 Å². The van der Waals surface area contributed by atoms with Crippen LogP contribution in [-0.4, -0.2) is 27.7 Å². The highest BCUT2D eigenvalue weighted by molar-refractivity contribution is 7.91. The van der Waals surface area contributed by atoms with E-state index in [2.05, 4.69) is 14.8 Å². The van der Waals surface area contributed by atoms with E-state index in [1.807, 2.05) is 0 Å². The van der Waals surface area contributed by atoms with Crippen molar-refractivity contribution in [3.8, 4) is 5.69 Å². The van der Waals surface area contributed by atoms with Gasteiger partial charge in [0.1, 0.15) is 0 Å². The minimum absolute atomic E-state index is 0.206. The number of anilines is 1. The molecule has 0 saturated carbocycles. The fourth-order valence-corrected chi connectivity index (χ4v) is 5.12. The number of hydrogen-bond donors (Lipinski definition) is 1. The number of nitrogens with one attached hydrogen (secondary N) is 1. The molecule has 0 atom stereocenters. The van der Waals surface area contributed by atoms with Crippen LogP contribution in [0.15, 0.2) is 73.2 Å². The van der Waals surface area contributed by atoms with E-state index in [0.29, 0.717) is 33.5 Å². The molecule has 11 heteroatoms. The number of halogens is 3. The normalized spacial score (nSPS) is 12.5. The summed E-state index contributed by atoms with van der Waals surface area (Å²) in [5, 5.41) is 5.93. The van der Waals surface area contributed by atoms with Crippen LogP contribution in [0.5, 0.6) is 0 Å². The summed E-state index contributed by atoms with van der Waals surface area (Å²) in [4.78, 5) is 3.89. The van der Waals surface area contributed by atoms with Gasteiger partial charge in [-0.25, -0.2) is 8.42 Å². The minimum atomic E-state index is -4.43. The first kappa shape index (κ1) is 22.0. The molecular formula is C23H18F3N5O2S. The summed E-state index contributed by atoms with van der Waals surface area (Å²) in [5.74, 6) is -0.206. The molecule has 0 unspecified atom stereocenters. The van der Waals surface area contributed by atoms with Gasteiger partial charge in [0.05, 0.1) is 16.8 Å². The molecule has 174 valence electrons. The van der Waals surface area contributed by atoms with Crippen molar-refractivity contribution in [3.63, 3.8) is 0 Å². The van der Waals surface area contributed by atoms with Crippen LogP contribution in [0.4, 0.5) is 18.9 Å². The van der Waals surface area contributed by atoms with Crippen LogP contribution in [-0.2, 0) is 29.0 Å². The number of alkyl halides is 3. The lowest BCUT2D eigenvalue weighted by Crippen LogP contribution is -2.15. The molecule has 5 aromatic rings. The maximum Gasteiger partial charge on any atom is 0.416 e. The fourth-order valence-electron chi connectivity index (χ4n) is 3.93. The lowest BCUT2D eigenvalue weighted by atomic mass is 10.2. The number of benzene rings is 2. The Bertz CT molecular complexity index is 1610. The Morgan fingerprint density at radius 2 is 1.68 bits per heavy atom. The van der Waals surface area contributed by atoms with E-state index >= 15 is 0 Å². The molecule has 0 aliphatic carbocycles. The molecule has 7 nitrogen and oxygen atoms in total. The molecule has 3 heterocycles. The summed E-state index contributed by atoms with van der Waals surface area (Å²) < 4.78 is 70.3. The average Bonchev–Trinajstić information content (AvgIpc) is 3.28. The van der Waals surface area contributed by atoms with E-state index in [-0.39, 0.29) is 5.75 Å². The standard InChI is InChI=1S/C23H18F3N5O2S/c1-30-13-20-19-12-17(29-34(32,33)14-15-8-10-27-11-9-15)4-7-21(19)31(22(20)28-30)18-5-2-16(3-6-18)23(24,25)26/h2-13,29H,14H2,1H3. The van der Waals surface area contributed by atoms with Gasteiger partial charge in [-0.1, -0.05) is 0 Å². The summed E-state index contributed by atoms with van der Waals surface area (Å²) in [5.41, 5.74) is 1.99. The second-order valence-corrected chi connectivity index (χ2v) is 9.59. The highest BCUT2D eigenvalue weighted by Gasteiger charge is 2.30. The minimum Gasteiger partial charge on any atom is -0.292 e. The number of nitrogens with zero attached hydrogens (tertiary/aromatic N) is 4. The predicted octanol–water partition coefficient (Wildman–Crippen LogP) is 4.87. The monoisotopic (exact) mass is 485 g/mol. The predicted molar refractivity (Wildman–Crippen MR) is 123 cm³/mol. The second kappa shape index (κ2) is 7.87. The van der Waals surface area contributed by atoms with E-state index in [0.717, 1.165) is 17.5 Å². The van der Waals surface area contributed by atoms with Gasteiger partial charge < -0.3 is 0 Å². The SMILES string of the molecule is Cn1cc2c3cc(NS(=O)(=O)Cc4ccncc4)ccc3n(-c3ccc(C(F)(F)F)cc3)c2n1. The van der Waals surface area contributed by atoms with Crippen LogP contribution in [0.3, 0.4) is 0 Å². The summed E-state index contributed by atoms with van der Waals surface area (Å²) in [7, 11) is -1.94. The highest BCUT2D eigenvalue weighted by Crippen LogP contribution is 2.35. The molecule has 0 bridgehead atoms. The first-order valence-corrected chi connectivity index (χ1v) is 11.8. The maximum atomic E-state index is 13.0. The van der Waals surface area contributed by atoms with Crippen LogP contribution in [0, 0.1) is 0 Å². The summed E-state index contributed by atoms with van der Waals surface area (Å²) in [6.07, 6.45) is 0.410. The smallest absolute Gasteiger partial charge is 0.292 e. The molecule has 2 aromatic carbocycles. The molecule has 3 aromatic heterocycles. The molecule has 0 saturated heterocycles. The van der Waals surface area contributed by atoms with Gasteiger partial charge in [-0.15, -0.1) is 0 Å². The van der Waals surface area contributed by atoms with Crippen molar-refractivity contribution < 1.29 is 21.6 Å². The Balaban J connectivity index is 1.57. The molecule has 5 rings (SSSR count). The van der Waals surface area contributed by atoms with Gasteiger partial charge >= 0.3 is 6.18 Å². The van der Waals surface area contributed by atoms with Crippen LogP contribution in [0.2, 0.25) is 0 Å². The zero-order valence-corrected chi connectivity index (χ0v) is 18.6. The van der Waals surface area contributed by atoms with Crippen molar-refractivity contribution in [2.75, 3.05) is 4.72 Å². The van der Waals surface area contributed by atoms with E-state index in [1.165, 1.54) is 24.5 Å². The average molecular weight is 485 g/mol. The Kier molecular flexibility index (Phi) is 5.08. The van der Waals surface area contributed by atoms with Crippen LogP contribution in [0.25, 0.3) is 27.6 Å². The third-order valence-corrected chi connectivity index (χ3v) is 6.64. The number of rotatable bonds is 5. The van der Waals surface area contributed by atoms with Gasteiger partial charge in [0, 0.05) is 47.8 Å².